The monoisotopic (exact) mass is 257 g/mol. The predicted molar refractivity (Wildman–Crippen MR) is 76.4 cm³/mol. The molecule has 4 heteroatoms. The summed E-state index contributed by atoms with van der Waals surface area (Å²) in [7, 11) is 0. The van der Waals surface area contributed by atoms with E-state index in [0.29, 0.717) is 6.04 Å². The van der Waals surface area contributed by atoms with Crippen LogP contribution < -0.4 is 10.1 Å². The Balaban J connectivity index is 1.71. The van der Waals surface area contributed by atoms with Crippen molar-refractivity contribution in [3.63, 3.8) is 0 Å². The highest BCUT2D eigenvalue weighted by Crippen LogP contribution is 2.27. The average molecular weight is 257 g/mol. The van der Waals surface area contributed by atoms with E-state index < -0.39 is 0 Å². The number of aromatic amines is 1. The molecule has 0 aliphatic heterocycles. The van der Waals surface area contributed by atoms with Crippen LogP contribution in [-0.2, 0) is 0 Å². The van der Waals surface area contributed by atoms with E-state index in [9.17, 15) is 0 Å². The van der Waals surface area contributed by atoms with Crippen LogP contribution in [0.4, 0.5) is 5.82 Å². The summed E-state index contributed by atoms with van der Waals surface area (Å²) < 4.78 is 5.63. The second-order valence-electron chi connectivity index (χ2n) is 5.28. The van der Waals surface area contributed by atoms with Gasteiger partial charge in [-0.15, -0.1) is 0 Å². The van der Waals surface area contributed by atoms with Gasteiger partial charge in [0.05, 0.1) is 11.8 Å². The lowest BCUT2D eigenvalue weighted by molar-refractivity contribution is 0.242. The second kappa shape index (κ2) is 4.96. The number of H-pyrrole nitrogens is 1. The second-order valence-corrected chi connectivity index (χ2v) is 5.28. The number of rotatable bonds is 5. The van der Waals surface area contributed by atoms with Crippen LogP contribution in [0.3, 0.4) is 0 Å². The Labute approximate surface area is 113 Å². The van der Waals surface area contributed by atoms with Crippen molar-refractivity contribution >= 4 is 5.82 Å². The van der Waals surface area contributed by atoms with Crippen molar-refractivity contribution in [3.8, 4) is 17.0 Å². The number of hydrogen-bond acceptors (Lipinski definition) is 3. The minimum Gasteiger partial charge on any atom is -0.491 e. The van der Waals surface area contributed by atoms with Gasteiger partial charge in [0, 0.05) is 12.1 Å². The number of nitrogens with one attached hydrogen (secondary N) is 2. The van der Waals surface area contributed by atoms with Gasteiger partial charge in [-0.2, -0.15) is 5.10 Å². The van der Waals surface area contributed by atoms with Gasteiger partial charge in [0.25, 0.3) is 0 Å². The molecular weight excluding hydrogens is 238 g/mol. The highest BCUT2D eigenvalue weighted by molar-refractivity contribution is 5.63. The third-order valence-electron chi connectivity index (χ3n) is 3.04. The van der Waals surface area contributed by atoms with Gasteiger partial charge in [0.2, 0.25) is 0 Å². The number of nitrogens with zero attached hydrogens (tertiary/aromatic N) is 1. The average Bonchev–Trinajstić information content (AvgIpc) is 3.06. The van der Waals surface area contributed by atoms with Crippen LogP contribution in [0.1, 0.15) is 26.7 Å². The van der Waals surface area contributed by atoms with Crippen molar-refractivity contribution in [1.82, 2.24) is 10.2 Å². The number of hydrogen-bond donors (Lipinski definition) is 2. The first-order chi connectivity index (χ1) is 9.20. The minimum absolute atomic E-state index is 0.201. The molecule has 0 unspecified atom stereocenters. The van der Waals surface area contributed by atoms with Crippen LogP contribution >= 0.6 is 0 Å². The summed E-state index contributed by atoms with van der Waals surface area (Å²) in [5, 5.41) is 10.7. The molecule has 1 saturated carbocycles. The fourth-order valence-corrected chi connectivity index (χ4v) is 1.97. The van der Waals surface area contributed by atoms with Crippen molar-refractivity contribution in [2.75, 3.05) is 5.32 Å². The molecule has 100 valence electrons. The van der Waals surface area contributed by atoms with E-state index in [2.05, 4.69) is 21.6 Å². The molecule has 3 rings (SSSR count). The zero-order chi connectivity index (χ0) is 13.2. The quantitative estimate of drug-likeness (QED) is 0.862. The van der Waals surface area contributed by atoms with Crippen molar-refractivity contribution < 1.29 is 4.74 Å². The maximum Gasteiger partial charge on any atom is 0.148 e. The molecule has 19 heavy (non-hydrogen) atoms. The highest BCUT2D eigenvalue weighted by atomic mass is 16.5. The number of ether oxygens (including phenoxy) is 1. The maximum absolute atomic E-state index is 5.63. The minimum atomic E-state index is 0.201. The van der Waals surface area contributed by atoms with Crippen LogP contribution in [-0.4, -0.2) is 22.3 Å². The van der Waals surface area contributed by atoms with E-state index in [4.69, 9.17) is 4.74 Å². The molecule has 1 heterocycles. The lowest BCUT2D eigenvalue weighted by atomic mass is 10.1. The van der Waals surface area contributed by atoms with Crippen molar-refractivity contribution in [2.24, 2.45) is 0 Å². The third kappa shape index (κ3) is 3.08. The molecule has 1 aliphatic carbocycles. The van der Waals surface area contributed by atoms with Crippen LogP contribution in [0, 0.1) is 0 Å². The molecule has 1 aliphatic rings. The lowest BCUT2D eigenvalue weighted by Crippen LogP contribution is -2.05. The first-order valence-corrected chi connectivity index (χ1v) is 6.80. The highest BCUT2D eigenvalue weighted by Gasteiger charge is 2.21. The molecule has 0 amide bonds. The van der Waals surface area contributed by atoms with E-state index >= 15 is 0 Å². The standard InChI is InChI=1S/C15H19N3O/c1-10(2)19-13-7-3-11(4-8-13)14-9-15(18-17-14)16-12-5-6-12/h3-4,7-10,12H,5-6H2,1-2H3,(H2,16,17,18). The first kappa shape index (κ1) is 12.1. The Hall–Kier alpha value is -1.97. The molecule has 2 aromatic rings. The first-order valence-electron chi connectivity index (χ1n) is 6.80. The molecule has 0 radical (unpaired) electrons. The third-order valence-corrected chi connectivity index (χ3v) is 3.04. The number of benzene rings is 1. The van der Waals surface area contributed by atoms with Crippen LogP contribution in [0.25, 0.3) is 11.3 Å². The maximum atomic E-state index is 5.63. The Morgan fingerprint density at radius 3 is 2.63 bits per heavy atom. The Morgan fingerprint density at radius 2 is 2.00 bits per heavy atom. The summed E-state index contributed by atoms with van der Waals surface area (Å²) in [5.41, 5.74) is 2.15. The lowest BCUT2D eigenvalue weighted by Gasteiger charge is -2.09. The smallest absolute Gasteiger partial charge is 0.148 e. The van der Waals surface area contributed by atoms with Crippen molar-refractivity contribution in [3.05, 3.63) is 30.3 Å². The summed E-state index contributed by atoms with van der Waals surface area (Å²) in [5.74, 6) is 1.83. The molecule has 2 N–H and O–H groups in total. The summed E-state index contributed by atoms with van der Waals surface area (Å²) >= 11 is 0. The molecule has 4 nitrogen and oxygen atoms in total. The Kier molecular flexibility index (Phi) is 3.15. The summed E-state index contributed by atoms with van der Waals surface area (Å²) in [6.45, 7) is 4.05. The fraction of sp³-hybridized carbons (Fsp3) is 0.400. The number of aromatic nitrogens is 2. The summed E-state index contributed by atoms with van der Waals surface area (Å²) in [6.07, 6.45) is 2.71. The molecule has 1 aromatic carbocycles. The van der Waals surface area contributed by atoms with Crippen LogP contribution in [0.5, 0.6) is 5.75 Å². The topological polar surface area (TPSA) is 49.9 Å². The zero-order valence-electron chi connectivity index (χ0n) is 11.3. The molecule has 0 spiro atoms. The zero-order valence-corrected chi connectivity index (χ0v) is 11.3. The van der Waals surface area contributed by atoms with Crippen molar-refractivity contribution in [1.29, 1.82) is 0 Å². The molecule has 0 atom stereocenters. The van der Waals surface area contributed by atoms with E-state index in [0.717, 1.165) is 22.8 Å². The Morgan fingerprint density at radius 1 is 1.26 bits per heavy atom. The van der Waals surface area contributed by atoms with Gasteiger partial charge in [-0.25, -0.2) is 0 Å². The van der Waals surface area contributed by atoms with E-state index in [-0.39, 0.29) is 6.10 Å². The van der Waals surface area contributed by atoms with E-state index in [1.54, 1.807) is 0 Å². The summed E-state index contributed by atoms with van der Waals surface area (Å²) in [6, 6.07) is 10.8. The number of anilines is 1. The van der Waals surface area contributed by atoms with Gasteiger partial charge in [-0.05, 0) is 56.5 Å². The van der Waals surface area contributed by atoms with Crippen LogP contribution in [0.15, 0.2) is 30.3 Å². The van der Waals surface area contributed by atoms with E-state index in [1.165, 1.54) is 12.8 Å². The van der Waals surface area contributed by atoms with Gasteiger partial charge in [0.15, 0.2) is 0 Å². The van der Waals surface area contributed by atoms with Gasteiger partial charge in [0.1, 0.15) is 11.6 Å². The normalized spacial score (nSPS) is 14.7. The molecule has 0 bridgehead atoms. The fourth-order valence-electron chi connectivity index (χ4n) is 1.97. The van der Waals surface area contributed by atoms with Gasteiger partial charge < -0.3 is 10.1 Å². The predicted octanol–water partition coefficient (Wildman–Crippen LogP) is 3.44. The molecule has 1 fully saturated rings. The van der Waals surface area contributed by atoms with Gasteiger partial charge in [-0.3, -0.25) is 5.10 Å². The molecule has 1 aromatic heterocycles. The summed E-state index contributed by atoms with van der Waals surface area (Å²) in [4.78, 5) is 0. The van der Waals surface area contributed by atoms with Gasteiger partial charge >= 0.3 is 0 Å². The van der Waals surface area contributed by atoms with Crippen LogP contribution in [0.2, 0.25) is 0 Å². The molecular formula is C15H19N3O. The van der Waals surface area contributed by atoms with Crippen molar-refractivity contribution in [2.45, 2.75) is 38.8 Å². The van der Waals surface area contributed by atoms with E-state index in [1.807, 2.05) is 38.1 Å². The van der Waals surface area contributed by atoms with Gasteiger partial charge in [-0.1, -0.05) is 0 Å². The SMILES string of the molecule is CC(C)Oc1ccc(-c2cc(NC3CC3)n[nH]2)cc1. The molecule has 0 saturated heterocycles. The largest absolute Gasteiger partial charge is 0.491 e. The Bertz CT molecular complexity index is 541.